The highest BCUT2D eigenvalue weighted by atomic mass is 35.5. The molecule has 0 fully saturated rings. The highest BCUT2D eigenvalue weighted by Crippen LogP contribution is 2.31. The van der Waals surface area contributed by atoms with Crippen molar-refractivity contribution < 1.29 is 22.7 Å². The normalized spacial score (nSPS) is 12.8. The van der Waals surface area contributed by atoms with Crippen LogP contribution in [-0.2, 0) is 6.18 Å². The Morgan fingerprint density at radius 1 is 1.25 bits per heavy atom. The summed E-state index contributed by atoms with van der Waals surface area (Å²) in [6, 6.07) is 3.68. The molecule has 1 atom stereocenters. The molecule has 2 aromatic rings. The summed E-state index contributed by atoms with van der Waals surface area (Å²) in [6.07, 6.45) is -4.72. The lowest BCUT2D eigenvalue weighted by Crippen LogP contribution is -2.22. The lowest BCUT2D eigenvalue weighted by Gasteiger charge is -2.15. The lowest BCUT2D eigenvalue weighted by molar-refractivity contribution is -0.141. The maximum absolute atomic E-state index is 13.7. The molecular weight excluding hydrogens is 352 g/mol. The zero-order chi connectivity index (χ0) is 17.9. The summed E-state index contributed by atoms with van der Waals surface area (Å²) in [5, 5.41) is 14.1. The second-order valence-corrected chi connectivity index (χ2v) is 5.37. The van der Waals surface area contributed by atoms with E-state index in [1.807, 2.05) is 0 Å². The highest BCUT2D eigenvalue weighted by molar-refractivity contribution is 6.30. The fraction of sp³-hybridized carbons (Fsp3) is 0.286. The van der Waals surface area contributed by atoms with Gasteiger partial charge in [-0.05, 0) is 25.1 Å². The molecule has 1 heterocycles. The summed E-state index contributed by atoms with van der Waals surface area (Å²) in [4.78, 5) is 7.20. The molecule has 0 aliphatic carbocycles. The maximum Gasteiger partial charge on any atom is 0.433 e. The molecule has 0 aliphatic rings. The van der Waals surface area contributed by atoms with Gasteiger partial charge in [0.2, 0.25) is 5.95 Å². The molecule has 0 bridgehead atoms. The minimum atomic E-state index is -4.72. The molecule has 0 aliphatic heterocycles. The van der Waals surface area contributed by atoms with Gasteiger partial charge in [-0.1, -0.05) is 11.6 Å². The van der Waals surface area contributed by atoms with Crippen LogP contribution in [0.1, 0.15) is 12.6 Å². The lowest BCUT2D eigenvalue weighted by atomic mass is 10.3. The van der Waals surface area contributed by atoms with Gasteiger partial charge in [0, 0.05) is 17.1 Å². The average molecular weight is 365 g/mol. The van der Waals surface area contributed by atoms with Gasteiger partial charge in [-0.3, -0.25) is 0 Å². The van der Waals surface area contributed by atoms with Crippen molar-refractivity contribution in [3.63, 3.8) is 0 Å². The van der Waals surface area contributed by atoms with Crippen molar-refractivity contribution in [3.05, 3.63) is 40.8 Å². The van der Waals surface area contributed by atoms with Gasteiger partial charge < -0.3 is 15.7 Å². The van der Waals surface area contributed by atoms with Gasteiger partial charge in [0.1, 0.15) is 11.6 Å². The highest BCUT2D eigenvalue weighted by Gasteiger charge is 2.34. The average Bonchev–Trinajstić information content (AvgIpc) is 2.49. The fourth-order valence-corrected chi connectivity index (χ4v) is 1.89. The number of nitrogens with zero attached hydrogens (tertiary/aromatic N) is 2. The van der Waals surface area contributed by atoms with E-state index in [0.29, 0.717) is 6.07 Å². The topological polar surface area (TPSA) is 70.1 Å². The molecule has 0 spiro atoms. The first-order valence-corrected chi connectivity index (χ1v) is 7.12. The molecule has 0 saturated carbocycles. The van der Waals surface area contributed by atoms with Crippen LogP contribution in [0.4, 0.5) is 35.0 Å². The van der Waals surface area contributed by atoms with Crippen molar-refractivity contribution >= 4 is 29.1 Å². The Labute approximate surface area is 139 Å². The Kier molecular flexibility index (Phi) is 5.45. The number of alkyl halides is 3. The Bertz CT molecular complexity index is 726. The Hall–Kier alpha value is -2.13. The number of aliphatic hydroxyl groups is 1. The van der Waals surface area contributed by atoms with Crippen LogP contribution >= 0.6 is 11.6 Å². The molecule has 2 rings (SSSR count). The molecule has 24 heavy (non-hydrogen) atoms. The van der Waals surface area contributed by atoms with Crippen LogP contribution < -0.4 is 10.6 Å². The molecule has 0 radical (unpaired) electrons. The SMILES string of the molecule is C[C@H](CO)Nc1nc(Nc2cc(Cl)ccc2F)cc(C(F)(F)F)n1. The summed E-state index contributed by atoms with van der Waals surface area (Å²) in [5.41, 5.74) is -1.34. The van der Waals surface area contributed by atoms with E-state index < -0.39 is 23.7 Å². The third-order valence-corrected chi connectivity index (χ3v) is 3.09. The summed E-state index contributed by atoms with van der Waals surface area (Å²) in [6.45, 7) is 1.21. The molecule has 5 nitrogen and oxygen atoms in total. The Morgan fingerprint density at radius 2 is 1.96 bits per heavy atom. The summed E-state index contributed by atoms with van der Waals surface area (Å²) in [7, 11) is 0. The molecule has 0 unspecified atom stereocenters. The van der Waals surface area contributed by atoms with Crippen LogP contribution in [0.25, 0.3) is 0 Å². The van der Waals surface area contributed by atoms with E-state index in [-0.39, 0.29) is 29.1 Å². The quantitative estimate of drug-likeness (QED) is 0.703. The molecule has 130 valence electrons. The number of halogens is 5. The van der Waals surface area contributed by atoms with Gasteiger partial charge in [-0.2, -0.15) is 18.2 Å². The van der Waals surface area contributed by atoms with E-state index in [2.05, 4.69) is 20.6 Å². The second kappa shape index (κ2) is 7.18. The van der Waals surface area contributed by atoms with Gasteiger partial charge in [0.05, 0.1) is 12.3 Å². The first kappa shape index (κ1) is 18.2. The summed E-state index contributed by atoms with van der Waals surface area (Å²) >= 11 is 5.75. The van der Waals surface area contributed by atoms with Gasteiger partial charge in [-0.25, -0.2) is 9.37 Å². The predicted octanol–water partition coefficient (Wildman–Crippen LogP) is 3.82. The smallest absolute Gasteiger partial charge is 0.394 e. The van der Waals surface area contributed by atoms with E-state index >= 15 is 0 Å². The molecule has 0 amide bonds. The van der Waals surface area contributed by atoms with Crippen molar-refractivity contribution in [2.45, 2.75) is 19.1 Å². The van der Waals surface area contributed by atoms with Crippen molar-refractivity contribution in [1.29, 1.82) is 0 Å². The largest absolute Gasteiger partial charge is 0.433 e. The summed E-state index contributed by atoms with van der Waals surface area (Å²) < 4.78 is 52.6. The number of anilines is 3. The van der Waals surface area contributed by atoms with Gasteiger partial charge in [0.25, 0.3) is 0 Å². The Morgan fingerprint density at radius 3 is 2.58 bits per heavy atom. The molecule has 3 N–H and O–H groups in total. The van der Waals surface area contributed by atoms with Gasteiger partial charge in [-0.15, -0.1) is 0 Å². The van der Waals surface area contributed by atoms with Crippen LogP contribution in [0.15, 0.2) is 24.3 Å². The molecule has 1 aromatic heterocycles. The monoisotopic (exact) mass is 364 g/mol. The number of aromatic nitrogens is 2. The molecule has 0 saturated heterocycles. The number of rotatable bonds is 5. The van der Waals surface area contributed by atoms with Crippen LogP contribution in [-0.4, -0.2) is 27.7 Å². The fourth-order valence-electron chi connectivity index (χ4n) is 1.72. The van der Waals surface area contributed by atoms with Crippen molar-refractivity contribution in [2.75, 3.05) is 17.2 Å². The van der Waals surface area contributed by atoms with Crippen LogP contribution in [0.5, 0.6) is 0 Å². The second-order valence-electron chi connectivity index (χ2n) is 4.94. The summed E-state index contributed by atoms with van der Waals surface area (Å²) in [5.74, 6) is -1.33. The van der Waals surface area contributed by atoms with Crippen molar-refractivity contribution in [3.8, 4) is 0 Å². The number of hydrogen-bond donors (Lipinski definition) is 3. The molecule has 10 heteroatoms. The number of hydrogen-bond acceptors (Lipinski definition) is 5. The first-order chi connectivity index (χ1) is 11.2. The minimum Gasteiger partial charge on any atom is -0.394 e. The standard InChI is InChI=1S/C14H13ClF4N4O/c1-7(6-24)20-13-22-11(14(17,18)19)5-12(23-13)21-10-4-8(15)2-3-9(10)16/h2-5,7,24H,6H2,1H3,(H2,20,21,22,23)/t7-/m1/s1. The number of nitrogens with one attached hydrogen (secondary N) is 2. The van der Waals surface area contributed by atoms with Gasteiger partial charge >= 0.3 is 6.18 Å². The third kappa shape index (κ3) is 4.68. The zero-order valence-electron chi connectivity index (χ0n) is 12.3. The predicted molar refractivity (Wildman–Crippen MR) is 81.9 cm³/mol. The first-order valence-electron chi connectivity index (χ1n) is 6.75. The van der Waals surface area contributed by atoms with E-state index in [1.165, 1.54) is 19.1 Å². The van der Waals surface area contributed by atoms with E-state index in [1.54, 1.807) is 0 Å². The van der Waals surface area contributed by atoms with Crippen LogP contribution in [0, 0.1) is 5.82 Å². The van der Waals surface area contributed by atoms with Crippen LogP contribution in [0.3, 0.4) is 0 Å². The van der Waals surface area contributed by atoms with E-state index in [9.17, 15) is 17.6 Å². The van der Waals surface area contributed by atoms with E-state index in [4.69, 9.17) is 16.7 Å². The number of aliphatic hydroxyl groups excluding tert-OH is 1. The van der Waals surface area contributed by atoms with E-state index in [0.717, 1.165) is 6.07 Å². The van der Waals surface area contributed by atoms with Crippen molar-refractivity contribution in [1.82, 2.24) is 9.97 Å². The van der Waals surface area contributed by atoms with Crippen molar-refractivity contribution in [2.24, 2.45) is 0 Å². The van der Waals surface area contributed by atoms with Gasteiger partial charge in [0.15, 0.2) is 5.69 Å². The Balaban J connectivity index is 2.40. The number of benzene rings is 1. The zero-order valence-corrected chi connectivity index (χ0v) is 13.1. The molecular formula is C14H13ClF4N4O. The minimum absolute atomic E-state index is 0.129. The molecule has 1 aromatic carbocycles. The third-order valence-electron chi connectivity index (χ3n) is 2.86. The van der Waals surface area contributed by atoms with Crippen LogP contribution in [0.2, 0.25) is 5.02 Å². The maximum atomic E-state index is 13.7.